The molecular formula is C20H29NO6. The molecule has 0 radical (unpaired) electrons. The number of benzene rings is 1. The van der Waals surface area contributed by atoms with Crippen molar-refractivity contribution < 1.29 is 29.3 Å². The van der Waals surface area contributed by atoms with Gasteiger partial charge < -0.3 is 25.0 Å². The Balaban J connectivity index is 0.000000527. The zero-order valence-electron chi connectivity index (χ0n) is 15.9. The molecule has 1 aliphatic rings. The molecule has 1 aromatic carbocycles. The van der Waals surface area contributed by atoms with Gasteiger partial charge in [-0.05, 0) is 50.4 Å². The van der Waals surface area contributed by atoms with E-state index in [1.54, 1.807) is 7.11 Å². The molecule has 3 N–H and O–H groups in total. The molecule has 0 amide bonds. The Morgan fingerprint density at radius 1 is 1.19 bits per heavy atom. The summed E-state index contributed by atoms with van der Waals surface area (Å²) in [6.07, 6.45) is 10.5. The number of nitrogens with one attached hydrogen (secondary N) is 1. The van der Waals surface area contributed by atoms with Crippen molar-refractivity contribution in [3.63, 3.8) is 0 Å². The lowest BCUT2D eigenvalue weighted by molar-refractivity contribution is -0.159. The minimum Gasteiger partial charge on any atom is -0.493 e. The quantitative estimate of drug-likeness (QED) is 0.470. The molecule has 0 atom stereocenters. The summed E-state index contributed by atoms with van der Waals surface area (Å²) in [7, 11) is 1.68. The van der Waals surface area contributed by atoms with Crippen LogP contribution in [0.5, 0.6) is 11.5 Å². The Hall–Kier alpha value is -2.54. The fraction of sp³-hybridized carbons (Fsp3) is 0.500. The van der Waals surface area contributed by atoms with E-state index in [2.05, 4.69) is 17.5 Å². The van der Waals surface area contributed by atoms with Crippen LogP contribution in [0, 0.1) is 0 Å². The topological polar surface area (TPSA) is 105 Å². The Bertz CT molecular complexity index is 611. The number of rotatable bonds is 8. The van der Waals surface area contributed by atoms with Crippen molar-refractivity contribution in [2.45, 2.75) is 45.1 Å². The van der Waals surface area contributed by atoms with E-state index in [0.29, 0.717) is 0 Å². The van der Waals surface area contributed by atoms with Crippen molar-refractivity contribution in [2.24, 2.45) is 0 Å². The zero-order valence-corrected chi connectivity index (χ0v) is 15.9. The van der Waals surface area contributed by atoms with Crippen LogP contribution in [0.4, 0.5) is 0 Å². The second-order valence-corrected chi connectivity index (χ2v) is 6.16. The van der Waals surface area contributed by atoms with Crippen LogP contribution in [-0.4, -0.2) is 48.5 Å². The smallest absolute Gasteiger partial charge is 0.414 e. The second-order valence-electron chi connectivity index (χ2n) is 6.16. The molecule has 0 saturated heterocycles. The van der Waals surface area contributed by atoms with Crippen molar-refractivity contribution in [1.29, 1.82) is 0 Å². The van der Waals surface area contributed by atoms with E-state index >= 15 is 0 Å². The summed E-state index contributed by atoms with van der Waals surface area (Å²) in [6, 6.07) is 6.78. The van der Waals surface area contributed by atoms with Gasteiger partial charge in [0.05, 0.1) is 13.7 Å². The highest BCUT2D eigenvalue weighted by molar-refractivity contribution is 6.27. The van der Waals surface area contributed by atoms with Gasteiger partial charge in [-0.3, -0.25) is 0 Å². The van der Waals surface area contributed by atoms with Crippen LogP contribution < -0.4 is 14.8 Å². The average Bonchev–Trinajstić information content (AvgIpc) is 3.16. The van der Waals surface area contributed by atoms with Gasteiger partial charge in [0.1, 0.15) is 0 Å². The van der Waals surface area contributed by atoms with E-state index in [9.17, 15) is 0 Å². The van der Waals surface area contributed by atoms with Crippen molar-refractivity contribution in [1.82, 2.24) is 5.32 Å². The van der Waals surface area contributed by atoms with Gasteiger partial charge in [-0.1, -0.05) is 31.1 Å². The highest BCUT2D eigenvalue weighted by Crippen LogP contribution is 2.28. The number of carboxylic acids is 2. The van der Waals surface area contributed by atoms with Gasteiger partial charge in [0.2, 0.25) is 0 Å². The summed E-state index contributed by atoms with van der Waals surface area (Å²) in [6.45, 7) is 3.76. The first-order chi connectivity index (χ1) is 13.0. The molecule has 0 heterocycles. The summed E-state index contributed by atoms with van der Waals surface area (Å²) in [5, 5.41) is 18.4. The molecule has 2 rings (SSSR count). The number of allylic oxidation sites excluding steroid dienone is 1. The summed E-state index contributed by atoms with van der Waals surface area (Å²) in [5.74, 6) is -2.02. The van der Waals surface area contributed by atoms with Gasteiger partial charge in [0.25, 0.3) is 0 Å². The predicted molar refractivity (Wildman–Crippen MR) is 103 cm³/mol. The molecule has 1 fully saturated rings. The summed E-state index contributed by atoms with van der Waals surface area (Å²) >= 11 is 0. The number of hydrogen-bond acceptors (Lipinski definition) is 5. The Kier molecular flexibility index (Phi) is 10.6. The highest BCUT2D eigenvalue weighted by atomic mass is 16.5. The van der Waals surface area contributed by atoms with Crippen molar-refractivity contribution in [2.75, 3.05) is 20.3 Å². The average molecular weight is 379 g/mol. The van der Waals surface area contributed by atoms with Crippen molar-refractivity contribution in [3.8, 4) is 11.5 Å². The van der Waals surface area contributed by atoms with Crippen LogP contribution in [0.15, 0.2) is 24.3 Å². The number of ether oxygens (including phenoxy) is 2. The highest BCUT2D eigenvalue weighted by Gasteiger charge is 2.13. The number of aliphatic carboxylic acids is 2. The molecule has 7 nitrogen and oxygen atoms in total. The van der Waals surface area contributed by atoms with Gasteiger partial charge >= 0.3 is 11.9 Å². The molecule has 0 spiro atoms. The molecule has 7 heteroatoms. The van der Waals surface area contributed by atoms with E-state index < -0.39 is 11.9 Å². The number of carboxylic acid groups (broad SMARTS) is 2. The zero-order chi connectivity index (χ0) is 20.1. The monoisotopic (exact) mass is 379 g/mol. The fourth-order valence-corrected chi connectivity index (χ4v) is 2.79. The molecule has 0 unspecified atom stereocenters. The third kappa shape index (κ3) is 9.10. The van der Waals surface area contributed by atoms with E-state index in [4.69, 9.17) is 29.3 Å². The largest absolute Gasteiger partial charge is 0.493 e. The maximum Gasteiger partial charge on any atom is 0.414 e. The second kappa shape index (κ2) is 12.8. The van der Waals surface area contributed by atoms with Gasteiger partial charge in [-0.2, -0.15) is 0 Å². The molecule has 0 aliphatic heterocycles. The number of carbonyl (C=O) groups is 2. The normalized spacial score (nSPS) is 13.9. The Morgan fingerprint density at radius 3 is 2.41 bits per heavy atom. The van der Waals surface area contributed by atoms with Crippen LogP contribution in [0.1, 0.15) is 44.6 Å². The molecule has 1 saturated carbocycles. The van der Waals surface area contributed by atoms with E-state index in [1.165, 1.54) is 25.7 Å². The summed E-state index contributed by atoms with van der Waals surface area (Å²) < 4.78 is 11.2. The summed E-state index contributed by atoms with van der Waals surface area (Å²) in [4.78, 5) is 18.2. The first-order valence-electron chi connectivity index (χ1n) is 9.11. The molecule has 0 bridgehead atoms. The van der Waals surface area contributed by atoms with Crippen molar-refractivity contribution >= 4 is 18.0 Å². The first-order valence-corrected chi connectivity index (χ1v) is 9.11. The van der Waals surface area contributed by atoms with Crippen LogP contribution in [-0.2, 0) is 9.59 Å². The van der Waals surface area contributed by atoms with Crippen molar-refractivity contribution in [3.05, 3.63) is 29.8 Å². The van der Waals surface area contributed by atoms with Gasteiger partial charge in [0.15, 0.2) is 11.5 Å². The minimum absolute atomic E-state index is 0.721. The van der Waals surface area contributed by atoms with E-state index in [-0.39, 0.29) is 0 Å². The predicted octanol–water partition coefficient (Wildman–Crippen LogP) is 3.19. The molecule has 27 heavy (non-hydrogen) atoms. The molecule has 1 aliphatic carbocycles. The lowest BCUT2D eigenvalue weighted by Crippen LogP contribution is -2.27. The van der Waals surface area contributed by atoms with Gasteiger partial charge in [-0.15, -0.1) is 0 Å². The van der Waals surface area contributed by atoms with E-state index in [0.717, 1.165) is 42.7 Å². The minimum atomic E-state index is -1.82. The first kappa shape index (κ1) is 22.5. The maximum absolute atomic E-state index is 9.10. The number of methoxy groups -OCH3 is 1. The molecule has 1 aromatic rings. The van der Waals surface area contributed by atoms with E-state index in [1.807, 2.05) is 25.1 Å². The lowest BCUT2D eigenvalue weighted by atomic mass is 10.2. The lowest BCUT2D eigenvalue weighted by Gasteiger charge is -2.13. The summed E-state index contributed by atoms with van der Waals surface area (Å²) in [5.41, 5.74) is 1.13. The Labute approximate surface area is 160 Å². The molecule has 150 valence electrons. The van der Waals surface area contributed by atoms with Crippen LogP contribution in [0.3, 0.4) is 0 Å². The van der Waals surface area contributed by atoms with Gasteiger partial charge in [0, 0.05) is 6.04 Å². The molecule has 0 aromatic heterocycles. The van der Waals surface area contributed by atoms with Gasteiger partial charge in [-0.25, -0.2) is 9.59 Å². The third-order valence-corrected chi connectivity index (χ3v) is 4.10. The SMILES string of the molecule is C/C=C\c1ccc(OCCCNC2CCCC2)c(OC)c1.O=C(O)C(=O)O. The standard InChI is InChI=1S/C18H27NO2.C2H2O4/c1-3-7-15-10-11-17(18(14-15)20-2)21-13-6-12-19-16-8-4-5-9-16;3-1(4)2(5)6/h3,7,10-11,14,16,19H,4-6,8-9,12-13H2,1-2H3;(H,3,4)(H,5,6)/b7-3-;. The maximum atomic E-state index is 9.10. The van der Waals surface area contributed by atoms with Crippen LogP contribution in [0.2, 0.25) is 0 Å². The molecular weight excluding hydrogens is 350 g/mol. The Morgan fingerprint density at radius 2 is 1.85 bits per heavy atom. The van der Waals surface area contributed by atoms with Crippen LogP contribution in [0.25, 0.3) is 6.08 Å². The van der Waals surface area contributed by atoms with Crippen LogP contribution >= 0.6 is 0 Å². The number of hydrogen-bond donors (Lipinski definition) is 3. The third-order valence-electron chi connectivity index (χ3n) is 4.10. The fourth-order valence-electron chi connectivity index (χ4n) is 2.79.